The highest BCUT2D eigenvalue weighted by molar-refractivity contribution is 5.82. The lowest BCUT2D eigenvalue weighted by molar-refractivity contribution is -0.134. The van der Waals surface area contributed by atoms with Gasteiger partial charge >= 0.3 is 5.97 Å². The van der Waals surface area contributed by atoms with Gasteiger partial charge in [0.15, 0.2) is 0 Å². The predicted octanol–water partition coefficient (Wildman–Crippen LogP) is 2.23. The summed E-state index contributed by atoms with van der Waals surface area (Å²) in [6.45, 7) is 1.79. The van der Waals surface area contributed by atoms with E-state index in [0.29, 0.717) is 5.69 Å². The number of carbonyl (C=O) groups is 1. The highest BCUT2D eigenvalue weighted by Crippen LogP contribution is 2.12. The minimum absolute atomic E-state index is 0.316. The molecule has 0 aliphatic heterocycles. The third-order valence-electron chi connectivity index (χ3n) is 1.71. The molecular formula is C11H12FNO2. The Morgan fingerprint density at radius 3 is 2.80 bits per heavy atom. The molecule has 80 valence electrons. The number of carbonyl (C=O) groups excluding carboxylic acids is 1. The number of rotatable bonds is 3. The van der Waals surface area contributed by atoms with E-state index in [1.54, 1.807) is 13.0 Å². The van der Waals surface area contributed by atoms with Gasteiger partial charge in [-0.25, -0.2) is 9.18 Å². The fraction of sp³-hybridized carbons (Fsp3) is 0.182. The minimum atomic E-state index is -0.462. The van der Waals surface area contributed by atoms with Crippen molar-refractivity contribution in [2.75, 3.05) is 12.4 Å². The van der Waals surface area contributed by atoms with Crippen LogP contribution in [0.4, 0.5) is 10.1 Å². The van der Waals surface area contributed by atoms with Crippen LogP contribution in [0.25, 0.3) is 0 Å². The zero-order valence-corrected chi connectivity index (χ0v) is 8.58. The van der Waals surface area contributed by atoms with Crippen molar-refractivity contribution in [3.05, 3.63) is 41.9 Å². The molecule has 0 radical (unpaired) electrons. The molecule has 0 heterocycles. The summed E-state index contributed by atoms with van der Waals surface area (Å²) in [6.07, 6.45) is 2.63. The first-order chi connectivity index (χ1) is 7.11. The van der Waals surface area contributed by atoms with Gasteiger partial charge in [-0.05, 0) is 30.7 Å². The van der Waals surface area contributed by atoms with Crippen molar-refractivity contribution in [1.29, 1.82) is 0 Å². The van der Waals surface area contributed by atoms with Gasteiger partial charge in [-0.1, -0.05) is 0 Å². The van der Waals surface area contributed by atoms with Crippen LogP contribution in [0.3, 0.4) is 0 Å². The highest BCUT2D eigenvalue weighted by atomic mass is 19.1. The Bertz CT molecular complexity index is 368. The van der Waals surface area contributed by atoms with Crippen molar-refractivity contribution < 1.29 is 13.9 Å². The number of hydrogen-bond donors (Lipinski definition) is 1. The summed E-state index contributed by atoms with van der Waals surface area (Å²) < 4.78 is 17.3. The van der Waals surface area contributed by atoms with E-state index < -0.39 is 5.97 Å². The fourth-order valence-electron chi connectivity index (χ4n) is 1.09. The molecule has 0 fully saturated rings. The minimum Gasteiger partial charge on any atom is -0.466 e. The molecule has 0 saturated heterocycles. The first-order valence-corrected chi connectivity index (χ1v) is 4.40. The SMILES string of the molecule is COC(=O)/C=C/Nc1cc(C)cc(F)c1. The van der Waals surface area contributed by atoms with Crippen LogP contribution in [0.2, 0.25) is 0 Å². The Balaban J connectivity index is 2.65. The van der Waals surface area contributed by atoms with Gasteiger partial charge in [0, 0.05) is 18.0 Å². The Labute approximate surface area is 87.6 Å². The number of esters is 1. The summed E-state index contributed by atoms with van der Waals surface area (Å²) in [6, 6.07) is 4.54. The van der Waals surface area contributed by atoms with Gasteiger partial charge in [0.05, 0.1) is 7.11 Å². The van der Waals surface area contributed by atoms with E-state index in [2.05, 4.69) is 10.1 Å². The third-order valence-corrected chi connectivity index (χ3v) is 1.71. The summed E-state index contributed by atoms with van der Waals surface area (Å²) in [5, 5.41) is 2.77. The number of nitrogens with one attached hydrogen (secondary N) is 1. The van der Waals surface area contributed by atoms with Gasteiger partial charge in [-0.3, -0.25) is 0 Å². The maximum atomic E-state index is 12.9. The van der Waals surface area contributed by atoms with Crippen molar-refractivity contribution in [1.82, 2.24) is 0 Å². The lowest BCUT2D eigenvalue weighted by atomic mass is 10.2. The predicted molar refractivity (Wildman–Crippen MR) is 55.9 cm³/mol. The van der Waals surface area contributed by atoms with Crippen LogP contribution < -0.4 is 5.32 Å². The fourth-order valence-corrected chi connectivity index (χ4v) is 1.09. The van der Waals surface area contributed by atoms with Gasteiger partial charge < -0.3 is 10.1 Å². The average molecular weight is 209 g/mol. The maximum Gasteiger partial charge on any atom is 0.331 e. The first-order valence-electron chi connectivity index (χ1n) is 4.40. The molecule has 0 bridgehead atoms. The molecule has 1 N–H and O–H groups in total. The summed E-state index contributed by atoms with van der Waals surface area (Å²) in [5.41, 5.74) is 1.40. The molecule has 0 amide bonds. The molecule has 0 saturated carbocycles. The van der Waals surface area contributed by atoms with Crippen molar-refractivity contribution >= 4 is 11.7 Å². The number of hydrogen-bond acceptors (Lipinski definition) is 3. The topological polar surface area (TPSA) is 38.3 Å². The zero-order valence-electron chi connectivity index (χ0n) is 8.58. The second-order valence-corrected chi connectivity index (χ2v) is 3.02. The third kappa shape index (κ3) is 3.81. The van der Waals surface area contributed by atoms with Crippen LogP contribution in [0, 0.1) is 12.7 Å². The van der Waals surface area contributed by atoms with Crippen LogP contribution in [-0.2, 0) is 9.53 Å². The maximum absolute atomic E-state index is 12.9. The van der Waals surface area contributed by atoms with Crippen LogP contribution in [0.1, 0.15) is 5.56 Å². The Morgan fingerprint density at radius 2 is 2.20 bits per heavy atom. The van der Waals surface area contributed by atoms with Crippen LogP contribution in [0.5, 0.6) is 0 Å². The molecule has 1 aromatic carbocycles. The van der Waals surface area contributed by atoms with E-state index in [9.17, 15) is 9.18 Å². The molecule has 0 aliphatic rings. The molecule has 15 heavy (non-hydrogen) atoms. The van der Waals surface area contributed by atoms with Crippen molar-refractivity contribution in [3.8, 4) is 0 Å². The number of methoxy groups -OCH3 is 1. The molecule has 0 aromatic heterocycles. The molecule has 0 unspecified atom stereocenters. The second kappa shape index (κ2) is 5.14. The number of anilines is 1. The van der Waals surface area contributed by atoms with Crippen molar-refractivity contribution in [3.63, 3.8) is 0 Å². The highest BCUT2D eigenvalue weighted by Gasteiger charge is 1.96. The van der Waals surface area contributed by atoms with Crippen LogP contribution in [-0.4, -0.2) is 13.1 Å². The lowest BCUT2D eigenvalue weighted by Gasteiger charge is -2.02. The molecule has 4 heteroatoms. The number of benzene rings is 1. The van der Waals surface area contributed by atoms with Crippen LogP contribution in [0.15, 0.2) is 30.5 Å². The zero-order chi connectivity index (χ0) is 11.3. The smallest absolute Gasteiger partial charge is 0.331 e. The first kappa shape index (κ1) is 11.2. The van der Waals surface area contributed by atoms with Gasteiger partial charge in [0.25, 0.3) is 0 Å². The molecule has 1 aromatic rings. The number of ether oxygens (including phenoxy) is 1. The molecule has 0 spiro atoms. The summed E-state index contributed by atoms with van der Waals surface area (Å²) in [5.74, 6) is -0.778. The Morgan fingerprint density at radius 1 is 1.47 bits per heavy atom. The molecule has 0 aliphatic carbocycles. The number of aryl methyl sites for hydroxylation is 1. The normalized spacial score (nSPS) is 10.3. The van der Waals surface area contributed by atoms with E-state index in [1.807, 2.05) is 0 Å². The van der Waals surface area contributed by atoms with Gasteiger partial charge in [0.2, 0.25) is 0 Å². The Hall–Kier alpha value is -1.84. The lowest BCUT2D eigenvalue weighted by Crippen LogP contribution is -1.96. The van der Waals surface area contributed by atoms with E-state index in [1.165, 1.54) is 31.5 Å². The largest absolute Gasteiger partial charge is 0.466 e. The van der Waals surface area contributed by atoms with Crippen molar-refractivity contribution in [2.45, 2.75) is 6.92 Å². The molecule has 3 nitrogen and oxygen atoms in total. The Kier molecular flexibility index (Phi) is 3.85. The summed E-state index contributed by atoms with van der Waals surface area (Å²) in [4.78, 5) is 10.7. The number of halogens is 1. The summed E-state index contributed by atoms with van der Waals surface area (Å²) >= 11 is 0. The monoisotopic (exact) mass is 209 g/mol. The summed E-state index contributed by atoms with van der Waals surface area (Å²) in [7, 11) is 1.29. The molecule has 1 rings (SSSR count). The van der Waals surface area contributed by atoms with E-state index in [0.717, 1.165) is 5.56 Å². The van der Waals surface area contributed by atoms with Gasteiger partial charge in [0.1, 0.15) is 5.82 Å². The van der Waals surface area contributed by atoms with E-state index in [-0.39, 0.29) is 5.82 Å². The second-order valence-electron chi connectivity index (χ2n) is 3.02. The van der Waals surface area contributed by atoms with Gasteiger partial charge in [-0.2, -0.15) is 0 Å². The standard InChI is InChI=1S/C11H12FNO2/c1-8-5-9(12)7-10(6-8)13-4-3-11(14)15-2/h3-7,13H,1-2H3/b4-3+. The van der Waals surface area contributed by atoms with Gasteiger partial charge in [-0.15, -0.1) is 0 Å². The quantitative estimate of drug-likeness (QED) is 0.612. The van der Waals surface area contributed by atoms with Crippen LogP contribution >= 0.6 is 0 Å². The average Bonchev–Trinajstić information content (AvgIpc) is 2.16. The van der Waals surface area contributed by atoms with Crippen molar-refractivity contribution in [2.24, 2.45) is 0 Å². The van der Waals surface area contributed by atoms with E-state index >= 15 is 0 Å². The molecular weight excluding hydrogens is 197 g/mol. The molecule has 0 atom stereocenters. The van der Waals surface area contributed by atoms with E-state index in [4.69, 9.17) is 0 Å².